The van der Waals surface area contributed by atoms with Gasteiger partial charge in [-0.2, -0.15) is 26.3 Å². The van der Waals surface area contributed by atoms with E-state index in [1.807, 2.05) is 18.2 Å². The number of alkyl halides is 6. The molecule has 3 amide bonds. The summed E-state index contributed by atoms with van der Waals surface area (Å²) >= 11 is 0.648. The summed E-state index contributed by atoms with van der Waals surface area (Å²) in [6.07, 6.45) is -8.92. The summed E-state index contributed by atoms with van der Waals surface area (Å²) < 4.78 is 85.0. The number of benzene rings is 2. The molecular weight excluding hydrogens is 799 g/mol. The first-order valence-corrected chi connectivity index (χ1v) is 17.0. The van der Waals surface area contributed by atoms with Gasteiger partial charge >= 0.3 is 30.3 Å². The fraction of sp³-hybridized carbons (Fsp3) is 0.257. The molecular formula is C35H32F6N4O9S2. The predicted octanol–water partition coefficient (Wildman–Crippen LogP) is 6.51. The molecule has 0 unspecified atom stereocenters. The summed E-state index contributed by atoms with van der Waals surface area (Å²) in [4.78, 5) is 65.6. The third-order valence-electron chi connectivity index (χ3n) is 7.68. The first-order chi connectivity index (χ1) is 25.8. The maximum Gasteiger partial charge on any atom is 0.418 e. The van der Waals surface area contributed by atoms with E-state index >= 15 is 0 Å². The van der Waals surface area contributed by atoms with Crippen LogP contribution in [0.15, 0.2) is 48.5 Å². The molecule has 6 N–H and O–H groups in total. The van der Waals surface area contributed by atoms with Gasteiger partial charge in [0.2, 0.25) is 11.8 Å². The molecule has 0 aliphatic carbocycles. The maximum absolute atomic E-state index is 13.1. The third-order valence-corrected chi connectivity index (χ3v) is 9.90. The van der Waals surface area contributed by atoms with E-state index in [0.29, 0.717) is 47.7 Å². The quantitative estimate of drug-likeness (QED) is 0.101. The number of aromatic carboxylic acids is 1. The van der Waals surface area contributed by atoms with Crippen LogP contribution in [0.2, 0.25) is 0 Å². The number of anilines is 2. The Balaban J connectivity index is 0.000000246. The number of thiophene rings is 2. The lowest BCUT2D eigenvalue weighted by Gasteiger charge is -2.08. The summed E-state index contributed by atoms with van der Waals surface area (Å²) in [6.45, 7) is 0.530. The Morgan fingerprint density at radius 1 is 0.768 bits per heavy atom. The molecule has 0 saturated heterocycles. The first-order valence-electron chi connectivity index (χ1n) is 15.4. The second-order valence-electron chi connectivity index (χ2n) is 11.2. The lowest BCUT2D eigenvalue weighted by molar-refractivity contribution is -0.138. The Hall–Kier alpha value is -5.80. The number of esters is 2. The maximum atomic E-state index is 13.1. The number of halogens is 6. The molecule has 56 heavy (non-hydrogen) atoms. The number of methoxy groups -OCH3 is 2. The Labute approximate surface area is 321 Å². The molecule has 0 spiro atoms. The van der Waals surface area contributed by atoms with Crippen molar-refractivity contribution in [1.82, 2.24) is 5.32 Å². The van der Waals surface area contributed by atoms with Crippen molar-refractivity contribution in [3.63, 3.8) is 0 Å². The van der Waals surface area contributed by atoms with Gasteiger partial charge in [0.15, 0.2) is 0 Å². The van der Waals surface area contributed by atoms with Crippen LogP contribution < -0.4 is 21.7 Å². The Bertz CT molecular complexity index is 2160. The normalized spacial score (nSPS) is 12.6. The van der Waals surface area contributed by atoms with Gasteiger partial charge in [0.05, 0.1) is 43.1 Å². The van der Waals surface area contributed by atoms with Gasteiger partial charge in [0, 0.05) is 24.5 Å². The number of fused-ring (bicyclic) bond motifs is 2. The molecule has 6 rings (SSSR count). The summed E-state index contributed by atoms with van der Waals surface area (Å²) in [6, 6.07) is 12.0. The number of nitrogens with one attached hydrogen (secondary N) is 3. The van der Waals surface area contributed by atoms with Crippen molar-refractivity contribution in [3.05, 3.63) is 101 Å². The molecule has 4 aromatic rings. The number of carboxylic acids is 1. The van der Waals surface area contributed by atoms with Gasteiger partial charge in [-0.05, 0) is 46.5 Å². The van der Waals surface area contributed by atoms with Gasteiger partial charge < -0.3 is 36.3 Å². The molecule has 0 saturated carbocycles. The fourth-order valence-electron chi connectivity index (χ4n) is 5.16. The molecule has 0 atom stereocenters. The van der Waals surface area contributed by atoms with Crippen molar-refractivity contribution in [1.29, 1.82) is 0 Å². The van der Waals surface area contributed by atoms with E-state index in [4.69, 9.17) is 10.8 Å². The molecule has 0 radical (unpaired) electrons. The Morgan fingerprint density at radius 2 is 1.20 bits per heavy atom. The molecule has 13 nitrogen and oxygen atoms in total. The molecule has 2 aromatic carbocycles. The van der Waals surface area contributed by atoms with E-state index in [2.05, 4.69) is 25.4 Å². The second kappa shape index (κ2) is 18.2. The monoisotopic (exact) mass is 830 g/mol. The fourth-order valence-corrected chi connectivity index (χ4v) is 7.11. The van der Waals surface area contributed by atoms with Gasteiger partial charge in [-0.3, -0.25) is 14.4 Å². The second-order valence-corrected chi connectivity index (χ2v) is 13.3. The lowest BCUT2D eigenvalue weighted by atomic mass is 10.0. The number of carbonyl (C=O) groups is 6. The van der Waals surface area contributed by atoms with E-state index in [-0.39, 0.29) is 48.4 Å². The zero-order chi connectivity index (χ0) is 40.8. The lowest BCUT2D eigenvalue weighted by Crippen LogP contribution is -2.22. The van der Waals surface area contributed by atoms with Crippen LogP contribution in [-0.2, 0) is 57.3 Å². The van der Waals surface area contributed by atoms with Crippen LogP contribution in [-0.4, -0.2) is 55.0 Å². The van der Waals surface area contributed by atoms with Crippen molar-refractivity contribution >= 4 is 69.7 Å². The van der Waals surface area contributed by atoms with Crippen molar-refractivity contribution in [2.45, 2.75) is 45.7 Å². The van der Waals surface area contributed by atoms with Crippen LogP contribution in [0.25, 0.3) is 0 Å². The summed E-state index contributed by atoms with van der Waals surface area (Å²) in [5.41, 5.74) is 8.14. The topological polar surface area (TPSA) is 203 Å². The number of carboxylic acid groups (broad SMARTS) is 1. The highest BCUT2D eigenvalue weighted by Crippen LogP contribution is 2.38. The van der Waals surface area contributed by atoms with Gasteiger partial charge in [0.25, 0.3) is 5.91 Å². The van der Waals surface area contributed by atoms with Crippen molar-refractivity contribution < 1.29 is 69.7 Å². The van der Waals surface area contributed by atoms with Crippen LogP contribution in [0, 0.1) is 0 Å². The largest absolute Gasteiger partial charge is 0.477 e. The average molecular weight is 831 g/mol. The van der Waals surface area contributed by atoms with Crippen molar-refractivity contribution in [3.8, 4) is 0 Å². The molecule has 4 heterocycles. The number of hydrogen-bond donors (Lipinski definition) is 5. The zero-order valence-corrected chi connectivity index (χ0v) is 30.0. The Kier molecular flexibility index (Phi) is 14.5. The van der Waals surface area contributed by atoms with E-state index in [1.165, 1.54) is 0 Å². The highest BCUT2D eigenvalue weighted by Gasteiger charge is 2.40. The average Bonchev–Trinajstić information content (AvgIpc) is 3.93. The number of hydrogen-bond acceptors (Lipinski definition) is 11. The third kappa shape index (κ3) is 10.5. The highest BCUT2D eigenvalue weighted by atomic mass is 32.1. The summed E-state index contributed by atoms with van der Waals surface area (Å²) in [7, 11) is 1.88. The number of amides is 3. The number of rotatable bonds is 7. The van der Waals surface area contributed by atoms with Crippen LogP contribution in [0.5, 0.6) is 0 Å². The van der Waals surface area contributed by atoms with Gasteiger partial charge in [-0.25, -0.2) is 14.4 Å². The number of ether oxygens (including phenoxy) is 2. The molecule has 2 aliphatic heterocycles. The number of nitrogens with two attached hydrogens (primary N) is 1. The molecule has 2 aliphatic rings. The SMILES string of the molecule is C.COC(=O)c1sc(C(=O)NCc2cccc3c2CC(=O)N3)cc1C(F)(F)F.COC(=O)c1sc(C(=O)O)cc1C(F)(F)F.NCc1cccc2c1CC(=O)N2. The van der Waals surface area contributed by atoms with Gasteiger partial charge in [0.1, 0.15) is 14.6 Å². The van der Waals surface area contributed by atoms with Gasteiger partial charge in [-0.15, -0.1) is 22.7 Å². The van der Waals surface area contributed by atoms with Crippen LogP contribution in [0.1, 0.15) is 79.5 Å². The van der Waals surface area contributed by atoms with Crippen molar-refractivity contribution in [2.24, 2.45) is 5.73 Å². The van der Waals surface area contributed by atoms with E-state index < -0.39 is 61.9 Å². The van der Waals surface area contributed by atoms with Crippen LogP contribution in [0.4, 0.5) is 37.7 Å². The summed E-state index contributed by atoms with van der Waals surface area (Å²) in [5, 5.41) is 16.5. The first kappa shape index (κ1) is 44.6. The minimum absolute atomic E-state index is 0. The van der Waals surface area contributed by atoms with Gasteiger partial charge in [-0.1, -0.05) is 31.7 Å². The standard InChI is InChI=1S/C17H13F3N2O4S.C9H10N2O.C8H5F3O4S.CH4/c1-26-16(25)14-10(17(18,19)20)6-12(27-14)15(24)21-7-8-3-2-4-11-9(8)5-13(23)22-11;10-5-6-2-1-3-8-7(6)4-9(12)11-8;1-15-7(14)5-3(8(9,10)11)2-4(16-5)6(12)13;/h2-4,6H,5,7H2,1H3,(H,21,24)(H,22,23);1-3H,4-5,10H2,(H,11,12);2H,1H3,(H,12,13);1H4. The van der Waals surface area contributed by atoms with Crippen molar-refractivity contribution in [2.75, 3.05) is 24.9 Å². The Morgan fingerprint density at radius 3 is 1.62 bits per heavy atom. The minimum atomic E-state index is -4.79. The van der Waals surface area contributed by atoms with E-state index in [9.17, 15) is 55.1 Å². The van der Waals surface area contributed by atoms with Crippen LogP contribution in [0.3, 0.4) is 0 Å². The zero-order valence-electron chi connectivity index (χ0n) is 28.3. The molecule has 0 fully saturated rings. The van der Waals surface area contributed by atoms with E-state index in [0.717, 1.165) is 36.6 Å². The number of carbonyl (C=O) groups excluding carboxylic acids is 5. The highest BCUT2D eigenvalue weighted by molar-refractivity contribution is 7.16. The summed E-state index contributed by atoms with van der Waals surface area (Å²) in [5.74, 6) is -4.74. The minimum Gasteiger partial charge on any atom is -0.477 e. The predicted molar refractivity (Wildman–Crippen MR) is 192 cm³/mol. The van der Waals surface area contributed by atoms with Crippen LogP contribution >= 0.6 is 22.7 Å². The molecule has 0 bridgehead atoms. The molecule has 21 heteroatoms. The molecule has 300 valence electrons. The van der Waals surface area contributed by atoms with E-state index in [1.54, 1.807) is 18.2 Å². The smallest absolute Gasteiger partial charge is 0.418 e. The molecule has 2 aromatic heterocycles.